The van der Waals surface area contributed by atoms with Crippen LogP contribution < -0.4 is 0 Å². The van der Waals surface area contributed by atoms with E-state index in [2.05, 4.69) is 21.8 Å². The fraction of sp³-hybridized carbons (Fsp3) is 0.750. The van der Waals surface area contributed by atoms with Crippen molar-refractivity contribution in [2.24, 2.45) is 0 Å². The number of nitrogens with zero attached hydrogens (tertiary/aromatic N) is 4. The lowest BCUT2D eigenvalue weighted by Gasteiger charge is -2.33. The van der Waals surface area contributed by atoms with Crippen molar-refractivity contribution in [3.63, 3.8) is 0 Å². The predicted octanol–water partition coefficient (Wildman–Crippen LogP) is 1.58. The molecular weight excluding hydrogens is 257 g/mol. The lowest BCUT2D eigenvalue weighted by molar-refractivity contribution is -0.142. The Morgan fingerprint density at radius 1 is 1.16 bits per heavy atom. The molecule has 0 radical (unpaired) electrons. The molecule has 0 atom stereocenters. The van der Waals surface area contributed by atoms with Crippen molar-refractivity contribution < 1.29 is 13.2 Å². The molecule has 1 aromatic heterocycles. The van der Waals surface area contributed by atoms with Crippen LogP contribution in [-0.4, -0.2) is 58.5 Å². The van der Waals surface area contributed by atoms with Gasteiger partial charge in [-0.1, -0.05) is 6.92 Å². The van der Waals surface area contributed by atoms with Crippen LogP contribution in [0.4, 0.5) is 13.2 Å². The highest BCUT2D eigenvalue weighted by Crippen LogP contribution is 2.17. The summed E-state index contributed by atoms with van der Waals surface area (Å²) in [6.07, 6.45) is -2.82. The van der Waals surface area contributed by atoms with E-state index in [-0.39, 0.29) is 0 Å². The third kappa shape index (κ3) is 4.50. The Balaban J connectivity index is 1.83. The number of hydrogen-bond acceptors (Lipinski definition) is 3. The summed E-state index contributed by atoms with van der Waals surface area (Å²) < 4.78 is 37.6. The van der Waals surface area contributed by atoms with Gasteiger partial charge in [0.15, 0.2) is 0 Å². The van der Waals surface area contributed by atoms with E-state index < -0.39 is 12.7 Å². The summed E-state index contributed by atoms with van der Waals surface area (Å²) in [5, 5.41) is 3.97. The molecule has 0 N–H and O–H groups in total. The van der Waals surface area contributed by atoms with Gasteiger partial charge in [0, 0.05) is 38.9 Å². The Hall–Kier alpha value is -1.08. The van der Waals surface area contributed by atoms with Crippen LogP contribution in [0.5, 0.6) is 0 Å². The first kappa shape index (κ1) is 14.3. The zero-order chi connectivity index (χ0) is 13.9. The first-order valence-electron chi connectivity index (χ1n) is 6.50. The van der Waals surface area contributed by atoms with Crippen LogP contribution in [0.25, 0.3) is 0 Å². The minimum absolute atomic E-state index is 0.627. The third-order valence-electron chi connectivity index (χ3n) is 3.33. The Morgan fingerprint density at radius 2 is 1.79 bits per heavy atom. The van der Waals surface area contributed by atoms with Gasteiger partial charge in [0.05, 0.1) is 5.69 Å². The number of halogens is 3. The molecule has 0 spiro atoms. The molecule has 0 saturated carbocycles. The average Bonchev–Trinajstić information content (AvgIpc) is 2.75. The van der Waals surface area contributed by atoms with Crippen molar-refractivity contribution in [2.45, 2.75) is 26.2 Å². The summed E-state index contributed by atoms with van der Waals surface area (Å²) in [4.78, 5) is 4.59. The maximum Gasteiger partial charge on any atom is 0.408 e. The van der Waals surface area contributed by atoms with Crippen LogP contribution in [0.3, 0.4) is 0 Å². The largest absolute Gasteiger partial charge is 0.408 e. The van der Waals surface area contributed by atoms with E-state index in [0.29, 0.717) is 12.2 Å². The van der Waals surface area contributed by atoms with Gasteiger partial charge in [-0.25, -0.2) is 0 Å². The molecule has 0 amide bonds. The van der Waals surface area contributed by atoms with Crippen LogP contribution in [0.2, 0.25) is 0 Å². The second-order valence-corrected chi connectivity index (χ2v) is 4.83. The zero-order valence-electron chi connectivity index (χ0n) is 11.0. The van der Waals surface area contributed by atoms with E-state index in [4.69, 9.17) is 0 Å². The molecule has 2 heterocycles. The van der Waals surface area contributed by atoms with E-state index in [9.17, 15) is 13.2 Å². The SMILES string of the molecule is CCN1CCN(Cc2ccn(CC(F)(F)F)n2)CC1. The fourth-order valence-electron chi connectivity index (χ4n) is 2.25. The molecular formula is C12H19F3N4. The number of alkyl halides is 3. The lowest BCUT2D eigenvalue weighted by atomic mass is 10.3. The van der Waals surface area contributed by atoms with Crippen molar-refractivity contribution in [3.05, 3.63) is 18.0 Å². The summed E-state index contributed by atoms with van der Waals surface area (Å²) in [7, 11) is 0. The lowest BCUT2D eigenvalue weighted by Crippen LogP contribution is -2.45. The van der Waals surface area contributed by atoms with Crippen LogP contribution in [0.1, 0.15) is 12.6 Å². The summed E-state index contributed by atoms with van der Waals surface area (Å²) in [5.41, 5.74) is 0.703. The van der Waals surface area contributed by atoms with Crippen LogP contribution in [-0.2, 0) is 13.1 Å². The Kier molecular flexibility index (Phi) is 4.46. The normalized spacial score (nSPS) is 18.9. The van der Waals surface area contributed by atoms with Crippen molar-refractivity contribution in [1.82, 2.24) is 19.6 Å². The standard InChI is InChI=1S/C12H19F3N4/c1-2-17-5-7-18(8-6-17)9-11-3-4-19(16-11)10-12(13,14)15/h3-4H,2,5-10H2,1H3. The Bertz CT molecular complexity index is 394. The molecule has 1 fully saturated rings. The van der Waals surface area contributed by atoms with Gasteiger partial charge in [0.1, 0.15) is 6.54 Å². The molecule has 0 unspecified atom stereocenters. The summed E-state index contributed by atoms with van der Waals surface area (Å²) in [6.45, 7) is 6.71. The number of piperazine rings is 1. The first-order chi connectivity index (χ1) is 8.96. The molecule has 0 aliphatic carbocycles. The van der Waals surface area contributed by atoms with Gasteiger partial charge in [-0.3, -0.25) is 9.58 Å². The molecule has 0 bridgehead atoms. The predicted molar refractivity (Wildman–Crippen MR) is 65.7 cm³/mol. The highest BCUT2D eigenvalue weighted by Gasteiger charge is 2.28. The maximum absolute atomic E-state index is 12.2. The van der Waals surface area contributed by atoms with E-state index in [1.165, 1.54) is 6.20 Å². The minimum atomic E-state index is -4.21. The van der Waals surface area contributed by atoms with Crippen molar-refractivity contribution in [1.29, 1.82) is 0 Å². The molecule has 1 aromatic rings. The van der Waals surface area contributed by atoms with Crippen LogP contribution >= 0.6 is 0 Å². The number of aromatic nitrogens is 2. The van der Waals surface area contributed by atoms with Gasteiger partial charge in [0.2, 0.25) is 0 Å². The number of hydrogen-bond donors (Lipinski definition) is 0. The van der Waals surface area contributed by atoms with Gasteiger partial charge in [-0.15, -0.1) is 0 Å². The molecule has 4 nitrogen and oxygen atoms in total. The Morgan fingerprint density at radius 3 is 2.37 bits per heavy atom. The first-order valence-corrected chi connectivity index (χ1v) is 6.50. The number of rotatable bonds is 4. The van der Waals surface area contributed by atoms with E-state index in [1.54, 1.807) is 6.07 Å². The highest BCUT2D eigenvalue weighted by molar-refractivity contribution is 4.99. The van der Waals surface area contributed by atoms with Gasteiger partial charge < -0.3 is 4.90 Å². The summed E-state index contributed by atoms with van der Waals surface area (Å²) in [6, 6.07) is 1.66. The molecule has 1 aliphatic heterocycles. The zero-order valence-corrected chi connectivity index (χ0v) is 11.0. The molecule has 1 aliphatic rings. The molecule has 2 rings (SSSR count). The monoisotopic (exact) mass is 276 g/mol. The van der Waals surface area contributed by atoms with E-state index in [1.807, 2.05) is 0 Å². The molecule has 108 valence electrons. The second kappa shape index (κ2) is 5.92. The van der Waals surface area contributed by atoms with Crippen molar-refractivity contribution >= 4 is 0 Å². The highest BCUT2D eigenvalue weighted by atomic mass is 19.4. The van der Waals surface area contributed by atoms with Crippen LogP contribution in [0, 0.1) is 0 Å². The minimum Gasteiger partial charge on any atom is -0.301 e. The molecule has 1 saturated heterocycles. The van der Waals surface area contributed by atoms with Crippen molar-refractivity contribution in [3.8, 4) is 0 Å². The van der Waals surface area contributed by atoms with Crippen LogP contribution in [0.15, 0.2) is 12.3 Å². The van der Waals surface area contributed by atoms with E-state index >= 15 is 0 Å². The van der Waals surface area contributed by atoms with E-state index in [0.717, 1.165) is 37.4 Å². The molecule has 7 heteroatoms. The molecule has 19 heavy (non-hydrogen) atoms. The quantitative estimate of drug-likeness (QED) is 0.834. The fourth-order valence-corrected chi connectivity index (χ4v) is 2.25. The summed E-state index contributed by atoms with van der Waals surface area (Å²) >= 11 is 0. The molecule has 0 aromatic carbocycles. The second-order valence-electron chi connectivity index (χ2n) is 4.83. The van der Waals surface area contributed by atoms with Gasteiger partial charge in [-0.2, -0.15) is 18.3 Å². The topological polar surface area (TPSA) is 24.3 Å². The average molecular weight is 276 g/mol. The smallest absolute Gasteiger partial charge is 0.301 e. The number of likely N-dealkylation sites (N-methyl/N-ethyl adjacent to an activating group) is 1. The van der Waals surface area contributed by atoms with Crippen molar-refractivity contribution in [2.75, 3.05) is 32.7 Å². The van der Waals surface area contributed by atoms with Gasteiger partial charge in [-0.05, 0) is 12.6 Å². The third-order valence-corrected chi connectivity index (χ3v) is 3.33. The summed E-state index contributed by atoms with van der Waals surface area (Å²) in [5.74, 6) is 0. The van der Waals surface area contributed by atoms with Gasteiger partial charge >= 0.3 is 6.18 Å². The van der Waals surface area contributed by atoms with Gasteiger partial charge in [0.25, 0.3) is 0 Å². The maximum atomic E-state index is 12.2. The Labute approximate surface area is 110 Å².